The number of hydrogen-bond donors (Lipinski definition) is 2. The summed E-state index contributed by atoms with van der Waals surface area (Å²) in [6, 6.07) is 19.0. The fourth-order valence-electron chi connectivity index (χ4n) is 3.70. The first-order valence-electron chi connectivity index (χ1n) is 9.63. The van der Waals surface area contributed by atoms with Gasteiger partial charge in [-0.3, -0.25) is 4.98 Å². The van der Waals surface area contributed by atoms with Gasteiger partial charge in [-0.15, -0.1) is 0 Å². The van der Waals surface area contributed by atoms with E-state index in [1.807, 2.05) is 61.7 Å². The molecule has 0 aliphatic carbocycles. The summed E-state index contributed by atoms with van der Waals surface area (Å²) in [7, 11) is -3.63. The maximum Gasteiger partial charge on any atom is 0.240 e. The van der Waals surface area contributed by atoms with Crippen molar-refractivity contribution in [1.29, 1.82) is 0 Å². The second-order valence-corrected chi connectivity index (χ2v) is 8.68. The van der Waals surface area contributed by atoms with Crippen LogP contribution in [0, 0.1) is 0 Å². The molecule has 2 aromatic heterocycles. The molecule has 0 aliphatic heterocycles. The van der Waals surface area contributed by atoms with E-state index in [-0.39, 0.29) is 12.5 Å². The van der Waals surface area contributed by atoms with Crippen LogP contribution >= 0.6 is 0 Å². The van der Waals surface area contributed by atoms with Crippen molar-refractivity contribution in [3.05, 3.63) is 95.9 Å². The minimum atomic E-state index is -3.63. The van der Waals surface area contributed by atoms with Crippen molar-refractivity contribution in [2.45, 2.75) is 24.2 Å². The molecule has 0 saturated carbocycles. The van der Waals surface area contributed by atoms with Crippen LogP contribution in [-0.4, -0.2) is 24.9 Å². The van der Waals surface area contributed by atoms with Gasteiger partial charge in [-0.05, 0) is 41.3 Å². The molecule has 0 amide bonds. The number of benzene rings is 2. The number of nitrogens with one attached hydrogen (secondary N) is 2. The van der Waals surface area contributed by atoms with Gasteiger partial charge in [-0.1, -0.05) is 49.4 Å². The largest absolute Gasteiger partial charge is 0.361 e. The van der Waals surface area contributed by atoms with E-state index in [0.717, 1.165) is 27.6 Å². The van der Waals surface area contributed by atoms with Crippen molar-refractivity contribution >= 4 is 20.9 Å². The van der Waals surface area contributed by atoms with Gasteiger partial charge in [0.05, 0.1) is 4.90 Å². The van der Waals surface area contributed by atoms with Gasteiger partial charge < -0.3 is 4.98 Å². The third kappa shape index (κ3) is 3.95. The van der Waals surface area contributed by atoms with Gasteiger partial charge in [0, 0.05) is 42.0 Å². The minimum Gasteiger partial charge on any atom is -0.361 e. The summed E-state index contributed by atoms with van der Waals surface area (Å²) in [5.41, 5.74) is 3.84. The zero-order valence-corrected chi connectivity index (χ0v) is 17.0. The average Bonchev–Trinajstić information content (AvgIpc) is 3.18. The van der Waals surface area contributed by atoms with E-state index in [9.17, 15) is 8.42 Å². The van der Waals surface area contributed by atoms with Crippen LogP contribution in [0.15, 0.2) is 84.1 Å². The van der Waals surface area contributed by atoms with E-state index in [1.165, 1.54) is 0 Å². The van der Waals surface area contributed by atoms with Crippen LogP contribution in [0.3, 0.4) is 0 Å². The number of hydrogen-bond acceptors (Lipinski definition) is 3. The maximum atomic E-state index is 13.0. The van der Waals surface area contributed by atoms with Crippen LogP contribution in [-0.2, 0) is 16.4 Å². The summed E-state index contributed by atoms with van der Waals surface area (Å²) in [4.78, 5) is 7.87. The Hall–Kier alpha value is -2.96. The molecule has 148 valence electrons. The average molecular weight is 406 g/mol. The van der Waals surface area contributed by atoms with Crippen LogP contribution < -0.4 is 4.72 Å². The molecule has 6 heteroatoms. The molecule has 0 saturated heterocycles. The number of rotatable bonds is 7. The summed E-state index contributed by atoms with van der Waals surface area (Å²) < 4.78 is 28.9. The Kier molecular flexibility index (Phi) is 5.47. The first kappa shape index (κ1) is 19.4. The Labute approximate surface area is 170 Å². The number of H-pyrrole nitrogens is 1. The Bertz CT molecular complexity index is 1220. The highest BCUT2D eigenvalue weighted by atomic mass is 32.2. The van der Waals surface area contributed by atoms with E-state index in [2.05, 4.69) is 14.7 Å². The third-order valence-electron chi connectivity index (χ3n) is 5.20. The van der Waals surface area contributed by atoms with E-state index in [1.54, 1.807) is 24.5 Å². The van der Waals surface area contributed by atoms with Crippen molar-refractivity contribution < 1.29 is 8.42 Å². The highest BCUT2D eigenvalue weighted by molar-refractivity contribution is 7.89. The zero-order chi connectivity index (χ0) is 20.3. The van der Waals surface area contributed by atoms with Crippen LogP contribution in [0.5, 0.6) is 0 Å². The van der Waals surface area contributed by atoms with Gasteiger partial charge in [-0.25, -0.2) is 13.1 Å². The lowest BCUT2D eigenvalue weighted by molar-refractivity contribution is 0.576. The first-order valence-corrected chi connectivity index (χ1v) is 11.1. The highest BCUT2D eigenvalue weighted by Crippen LogP contribution is 2.30. The SMILES string of the molecule is CCc1ccccc1S(=O)(=O)NC[C@@H](c1cccnc1)c1c[nH]c2ccccc12. The molecule has 0 aliphatic rings. The summed E-state index contributed by atoms with van der Waals surface area (Å²) >= 11 is 0. The molecule has 1 atom stereocenters. The maximum absolute atomic E-state index is 13.0. The van der Waals surface area contributed by atoms with Crippen LogP contribution in [0.4, 0.5) is 0 Å². The summed E-state index contributed by atoms with van der Waals surface area (Å²) in [6.07, 6.45) is 6.13. The molecule has 0 unspecified atom stereocenters. The van der Waals surface area contributed by atoms with E-state index < -0.39 is 10.0 Å². The number of pyridine rings is 1. The molecule has 2 heterocycles. The lowest BCUT2D eigenvalue weighted by atomic mass is 9.92. The number of aromatic amines is 1. The molecule has 5 nitrogen and oxygen atoms in total. The van der Waals surface area contributed by atoms with E-state index >= 15 is 0 Å². The van der Waals surface area contributed by atoms with Crippen LogP contribution in [0.1, 0.15) is 29.5 Å². The molecule has 0 radical (unpaired) electrons. The molecular formula is C23H23N3O2S. The Morgan fingerprint density at radius 2 is 1.83 bits per heavy atom. The predicted molar refractivity (Wildman–Crippen MR) is 115 cm³/mol. The summed E-state index contributed by atoms with van der Waals surface area (Å²) in [5, 5.41) is 1.08. The quantitative estimate of drug-likeness (QED) is 0.483. The number of para-hydroxylation sites is 1. The first-order chi connectivity index (χ1) is 14.1. The zero-order valence-electron chi connectivity index (χ0n) is 16.2. The van der Waals surface area contributed by atoms with Crippen molar-refractivity contribution in [1.82, 2.24) is 14.7 Å². The summed E-state index contributed by atoms with van der Waals surface area (Å²) in [5.74, 6) is -0.164. The lowest BCUT2D eigenvalue weighted by Gasteiger charge is -2.18. The van der Waals surface area contributed by atoms with E-state index in [4.69, 9.17) is 0 Å². The monoisotopic (exact) mass is 405 g/mol. The molecule has 0 spiro atoms. The summed E-state index contributed by atoms with van der Waals surface area (Å²) in [6.45, 7) is 2.20. The molecule has 2 N–H and O–H groups in total. The molecule has 29 heavy (non-hydrogen) atoms. The third-order valence-corrected chi connectivity index (χ3v) is 6.73. The molecular weight excluding hydrogens is 382 g/mol. The Morgan fingerprint density at radius 1 is 1.03 bits per heavy atom. The number of sulfonamides is 1. The number of aryl methyl sites for hydroxylation is 1. The molecule has 2 aromatic carbocycles. The molecule has 4 rings (SSSR count). The standard InChI is InChI=1S/C23H23N3O2S/c1-2-17-8-3-6-12-23(17)29(27,28)26-16-20(18-9-7-13-24-14-18)21-15-25-22-11-5-4-10-19(21)22/h3-15,20,25-26H,2,16H2,1H3/t20-/m0/s1. The minimum absolute atomic E-state index is 0.164. The van der Waals surface area contributed by atoms with Crippen LogP contribution in [0.2, 0.25) is 0 Å². The molecule has 0 bridgehead atoms. The Balaban J connectivity index is 1.70. The second kappa shape index (κ2) is 8.19. The van der Waals surface area contributed by atoms with Crippen molar-refractivity contribution in [3.8, 4) is 0 Å². The van der Waals surface area contributed by atoms with Crippen molar-refractivity contribution in [3.63, 3.8) is 0 Å². The fourth-order valence-corrected chi connectivity index (χ4v) is 5.06. The topological polar surface area (TPSA) is 74.8 Å². The van der Waals surface area contributed by atoms with Crippen molar-refractivity contribution in [2.75, 3.05) is 6.54 Å². The van der Waals surface area contributed by atoms with Gasteiger partial charge >= 0.3 is 0 Å². The normalized spacial score (nSPS) is 12.9. The van der Waals surface area contributed by atoms with Gasteiger partial charge in [0.2, 0.25) is 10.0 Å². The number of aromatic nitrogens is 2. The number of fused-ring (bicyclic) bond motifs is 1. The number of nitrogens with zero attached hydrogens (tertiary/aromatic N) is 1. The van der Waals surface area contributed by atoms with Gasteiger partial charge in [-0.2, -0.15) is 0 Å². The predicted octanol–water partition coefficient (Wildman–Crippen LogP) is 4.24. The van der Waals surface area contributed by atoms with E-state index in [0.29, 0.717) is 11.3 Å². The van der Waals surface area contributed by atoms with Gasteiger partial charge in [0.15, 0.2) is 0 Å². The highest BCUT2D eigenvalue weighted by Gasteiger charge is 2.23. The smallest absolute Gasteiger partial charge is 0.240 e. The Morgan fingerprint density at radius 3 is 2.62 bits per heavy atom. The van der Waals surface area contributed by atoms with Crippen LogP contribution in [0.25, 0.3) is 10.9 Å². The second-order valence-electron chi connectivity index (χ2n) is 6.94. The van der Waals surface area contributed by atoms with Gasteiger partial charge in [0.25, 0.3) is 0 Å². The fraction of sp³-hybridized carbons (Fsp3) is 0.174. The molecule has 0 fully saturated rings. The van der Waals surface area contributed by atoms with Crippen molar-refractivity contribution in [2.24, 2.45) is 0 Å². The lowest BCUT2D eigenvalue weighted by Crippen LogP contribution is -2.29. The molecule has 4 aromatic rings. The van der Waals surface area contributed by atoms with Gasteiger partial charge in [0.1, 0.15) is 0 Å².